The zero-order chi connectivity index (χ0) is 13.6. The van der Waals surface area contributed by atoms with Crippen LogP contribution in [0, 0.1) is 0 Å². The number of rotatable bonds is 7. The van der Waals surface area contributed by atoms with E-state index in [9.17, 15) is 8.42 Å². The first kappa shape index (κ1) is 15.1. The summed E-state index contributed by atoms with van der Waals surface area (Å²) in [5, 5.41) is 0. The molecule has 0 aliphatic rings. The fourth-order valence-electron chi connectivity index (χ4n) is 1.62. The molecule has 0 atom stereocenters. The molecule has 1 aromatic heterocycles. The minimum absolute atomic E-state index is 0.234. The third kappa shape index (κ3) is 3.51. The van der Waals surface area contributed by atoms with Crippen LogP contribution in [0.4, 0.5) is 0 Å². The molecule has 0 saturated heterocycles. The quantitative estimate of drug-likeness (QED) is 0.812. The van der Waals surface area contributed by atoms with Crippen molar-refractivity contribution in [2.75, 3.05) is 13.1 Å². The van der Waals surface area contributed by atoms with Gasteiger partial charge in [0.1, 0.15) is 4.90 Å². The smallest absolute Gasteiger partial charge is 0.244 e. The van der Waals surface area contributed by atoms with Gasteiger partial charge in [0.2, 0.25) is 10.0 Å². The first-order valence-electron chi connectivity index (χ1n) is 6.21. The summed E-state index contributed by atoms with van der Waals surface area (Å²) in [6.45, 7) is 5.22. The van der Waals surface area contributed by atoms with Crippen LogP contribution in [-0.2, 0) is 16.6 Å². The molecule has 6 heteroatoms. The highest BCUT2D eigenvalue weighted by Gasteiger charge is 2.22. The van der Waals surface area contributed by atoms with E-state index in [1.807, 2.05) is 13.8 Å². The molecular formula is C12H21N3O2S. The SMILES string of the molecule is CCCCN(CC)S(=O)(=O)c1ccc(CN)nc1. The van der Waals surface area contributed by atoms with E-state index in [-0.39, 0.29) is 4.90 Å². The van der Waals surface area contributed by atoms with Crippen molar-refractivity contribution in [3.05, 3.63) is 24.0 Å². The van der Waals surface area contributed by atoms with Crippen LogP contribution in [-0.4, -0.2) is 30.8 Å². The maximum Gasteiger partial charge on any atom is 0.244 e. The Hall–Kier alpha value is -0.980. The van der Waals surface area contributed by atoms with Crippen LogP contribution in [0.2, 0.25) is 0 Å². The Bertz CT molecular complexity index is 457. The summed E-state index contributed by atoms with van der Waals surface area (Å²) in [4.78, 5) is 4.26. The van der Waals surface area contributed by atoms with Gasteiger partial charge in [-0.1, -0.05) is 20.3 Å². The Morgan fingerprint density at radius 3 is 2.50 bits per heavy atom. The Kier molecular flexibility index (Phi) is 5.71. The van der Waals surface area contributed by atoms with Gasteiger partial charge in [-0.2, -0.15) is 4.31 Å². The third-order valence-corrected chi connectivity index (χ3v) is 4.72. The van der Waals surface area contributed by atoms with Gasteiger partial charge in [-0.15, -0.1) is 0 Å². The summed E-state index contributed by atoms with van der Waals surface area (Å²) in [6, 6.07) is 3.22. The summed E-state index contributed by atoms with van der Waals surface area (Å²) in [6.07, 6.45) is 3.21. The van der Waals surface area contributed by atoms with Gasteiger partial charge in [-0.25, -0.2) is 8.42 Å². The molecule has 0 bridgehead atoms. The summed E-state index contributed by atoms with van der Waals surface area (Å²) < 4.78 is 26.1. The Morgan fingerprint density at radius 2 is 2.06 bits per heavy atom. The van der Waals surface area contributed by atoms with Gasteiger partial charge in [-0.3, -0.25) is 4.98 Å². The van der Waals surface area contributed by atoms with E-state index in [4.69, 9.17) is 5.73 Å². The van der Waals surface area contributed by atoms with Crippen LogP contribution in [0.1, 0.15) is 32.4 Å². The standard InChI is InChI=1S/C12H21N3O2S/c1-3-5-8-15(4-2)18(16,17)12-7-6-11(9-13)14-10-12/h6-7,10H,3-5,8-9,13H2,1-2H3. The molecule has 0 radical (unpaired) electrons. The molecule has 0 spiro atoms. The number of pyridine rings is 1. The molecule has 1 aromatic rings. The molecule has 1 rings (SSSR count). The van der Waals surface area contributed by atoms with Crippen LogP contribution in [0.5, 0.6) is 0 Å². The number of aromatic nitrogens is 1. The highest BCUT2D eigenvalue weighted by molar-refractivity contribution is 7.89. The maximum absolute atomic E-state index is 12.3. The van der Waals surface area contributed by atoms with E-state index >= 15 is 0 Å². The van der Waals surface area contributed by atoms with Crippen molar-refractivity contribution >= 4 is 10.0 Å². The summed E-state index contributed by atoms with van der Waals surface area (Å²) in [7, 11) is -3.42. The lowest BCUT2D eigenvalue weighted by Gasteiger charge is -2.20. The lowest BCUT2D eigenvalue weighted by atomic mass is 10.3. The maximum atomic E-state index is 12.3. The minimum Gasteiger partial charge on any atom is -0.325 e. The van der Waals surface area contributed by atoms with Crippen molar-refractivity contribution in [3.8, 4) is 0 Å². The normalized spacial score (nSPS) is 12.0. The van der Waals surface area contributed by atoms with Gasteiger partial charge in [0.25, 0.3) is 0 Å². The second kappa shape index (κ2) is 6.82. The van der Waals surface area contributed by atoms with Crippen molar-refractivity contribution in [2.24, 2.45) is 5.73 Å². The Labute approximate surface area is 109 Å². The van der Waals surface area contributed by atoms with E-state index in [2.05, 4.69) is 4.98 Å². The predicted octanol–water partition coefficient (Wildman–Crippen LogP) is 1.35. The van der Waals surface area contributed by atoms with Crippen LogP contribution >= 0.6 is 0 Å². The van der Waals surface area contributed by atoms with E-state index in [0.717, 1.165) is 12.8 Å². The van der Waals surface area contributed by atoms with Gasteiger partial charge < -0.3 is 5.73 Å². The van der Waals surface area contributed by atoms with Crippen LogP contribution in [0.15, 0.2) is 23.2 Å². The average Bonchev–Trinajstić information content (AvgIpc) is 2.39. The number of nitrogens with zero attached hydrogens (tertiary/aromatic N) is 2. The zero-order valence-electron chi connectivity index (χ0n) is 11.0. The van der Waals surface area contributed by atoms with Crippen molar-refractivity contribution in [1.29, 1.82) is 0 Å². The van der Waals surface area contributed by atoms with Gasteiger partial charge in [0.05, 0.1) is 5.69 Å². The molecule has 0 aromatic carbocycles. The van der Waals surface area contributed by atoms with Gasteiger partial charge in [0.15, 0.2) is 0 Å². The molecule has 0 unspecified atom stereocenters. The van der Waals surface area contributed by atoms with Crippen LogP contribution in [0.25, 0.3) is 0 Å². The number of nitrogens with two attached hydrogens (primary N) is 1. The summed E-state index contributed by atoms with van der Waals surface area (Å²) in [5.74, 6) is 0. The monoisotopic (exact) mass is 271 g/mol. The van der Waals surface area contributed by atoms with E-state index in [1.165, 1.54) is 10.5 Å². The van der Waals surface area contributed by atoms with E-state index in [0.29, 0.717) is 25.3 Å². The van der Waals surface area contributed by atoms with Crippen LogP contribution in [0.3, 0.4) is 0 Å². The molecule has 1 heterocycles. The van der Waals surface area contributed by atoms with E-state index in [1.54, 1.807) is 12.1 Å². The van der Waals surface area contributed by atoms with Crippen molar-refractivity contribution in [1.82, 2.24) is 9.29 Å². The fraction of sp³-hybridized carbons (Fsp3) is 0.583. The van der Waals surface area contributed by atoms with Crippen molar-refractivity contribution in [2.45, 2.75) is 38.1 Å². The van der Waals surface area contributed by atoms with Gasteiger partial charge in [-0.05, 0) is 18.6 Å². The number of hydrogen-bond acceptors (Lipinski definition) is 4. The number of hydrogen-bond donors (Lipinski definition) is 1. The van der Waals surface area contributed by atoms with Crippen molar-refractivity contribution < 1.29 is 8.42 Å². The molecule has 0 fully saturated rings. The Morgan fingerprint density at radius 1 is 1.33 bits per heavy atom. The molecule has 18 heavy (non-hydrogen) atoms. The molecule has 5 nitrogen and oxygen atoms in total. The molecule has 0 amide bonds. The first-order valence-corrected chi connectivity index (χ1v) is 7.65. The number of unbranched alkanes of at least 4 members (excludes halogenated alkanes) is 1. The molecule has 0 aliphatic carbocycles. The molecule has 0 aliphatic heterocycles. The van der Waals surface area contributed by atoms with E-state index < -0.39 is 10.0 Å². The summed E-state index contributed by atoms with van der Waals surface area (Å²) >= 11 is 0. The Balaban J connectivity index is 2.95. The molecule has 0 saturated carbocycles. The highest BCUT2D eigenvalue weighted by atomic mass is 32.2. The largest absolute Gasteiger partial charge is 0.325 e. The third-order valence-electron chi connectivity index (χ3n) is 2.76. The van der Waals surface area contributed by atoms with Crippen LogP contribution < -0.4 is 5.73 Å². The first-order chi connectivity index (χ1) is 8.56. The second-order valence-electron chi connectivity index (χ2n) is 4.04. The topological polar surface area (TPSA) is 76.3 Å². The van der Waals surface area contributed by atoms with Crippen molar-refractivity contribution in [3.63, 3.8) is 0 Å². The molecule has 2 N–H and O–H groups in total. The summed E-state index contributed by atoms with van der Waals surface area (Å²) in [5.41, 5.74) is 6.12. The minimum atomic E-state index is -3.42. The average molecular weight is 271 g/mol. The number of sulfonamides is 1. The lowest BCUT2D eigenvalue weighted by Crippen LogP contribution is -2.32. The highest BCUT2D eigenvalue weighted by Crippen LogP contribution is 2.15. The van der Waals surface area contributed by atoms with Gasteiger partial charge >= 0.3 is 0 Å². The lowest BCUT2D eigenvalue weighted by molar-refractivity contribution is 0.418. The second-order valence-corrected chi connectivity index (χ2v) is 5.98. The van der Waals surface area contributed by atoms with Gasteiger partial charge in [0, 0.05) is 25.8 Å². The molecular weight excluding hydrogens is 250 g/mol. The predicted molar refractivity (Wildman–Crippen MR) is 71.5 cm³/mol. The fourth-order valence-corrected chi connectivity index (χ4v) is 3.05. The molecule has 102 valence electrons. The zero-order valence-corrected chi connectivity index (χ0v) is 11.8.